The van der Waals surface area contributed by atoms with Crippen molar-refractivity contribution in [1.29, 1.82) is 0 Å². The van der Waals surface area contributed by atoms with E-state index in [1.807, 2.05) is 0 Å². The molecule has 26 heavy (non-hydrogen) atoms. The molecule has 0 fully saturated rings. The molecule has 0 saturated carbocycles. The quantitative estimate of drug-likeness (QED) is 0.172. The van der Waals surface area contributed by atoms with Crippen molar-refractivity contribution in [2.75, 3.05) is 0 Å². The third kappa shape index (κ3) is 4.88. The van der Waals surface area contributed by atoms with E-state index in [0.29, 0.717) is 11.5 Å². The molecular formula is C14H8K2O8S2. The fraction of sp³-hybridized carbons (Fsp3) is 0. The van der Waals surface area contributed by atoms with Gasteiger partial charge in [-0.05, 0) is 35.0 Å². The van der Waals surface area contributed by atoms with Gasteiger partial charge in [-0.3, -0.25) is 0 Å². The van der Waals surface area contributed by atoms with Crippen molar-refractivity contribution in [3.8, 4) is 11.5 Å². The van der Waals surface area contributed by atoms with Gasteiger partial charge in [0.25, 0.3) is 0 Å². The van der Waals surface area contributed by atoms with Crippen molar-refractivity contribution < 1.29 is 139 Å². The summed E-state index contributed by atoms with van der Waals surface area (Å²) in [6.07, 6.45) is 0. The first-order chi connectivity index (χ1) is 11.0. The molecule has 0 heterocycles. The zero-order valence-electron chi connectivity index (χ0n) is 13.6. The molecule has 3 aromatic carbocycles. The SMILES string of the molecule is O=S(=O)([O-])c1ccc2cc3c(O)cc(S(=O)(=O)[O-])c(O)c3cc2c1.[K+].[K+]. The van der Waals surface area contributed by atoms with Crippen molar-refractivity contribution in [3.05, 3.63) is 36.4 Å². The van der Waals surface area contributed by atoms with Crippen LogP contribution in [0.15, 0.2) is 46.2 Å². The van der Waals surface area contributed by atoms with Crippen LogP contribution in [0.5, 0.6) is 11.5 Å². The fourth-order valence-electron chi connectivity index (χ4n) is 2.43. The molecule has 0 bridgehead atoms. The Kier molecular flexibility index (Phi) is 8.34. The zero-order valence-corrected chi connectivity index (χ0v) is 21.5. The van der Waals surface area contributed by atoms with Gasteiger partial charge in [0, 0.05) is 16.8 Å². The van der Waals surface area contributed by atoms with E-state index in [4.69, 9.17) is 0 Å². The second-order valence-electron chi connectivity index (χ2n) is 5.06. The van der Waals surface area contributed by atoms with Crippen LogP contribution in [0, 0.1) is 0 Å². The van der Waals surface area contributed by atoms with Crippen LogP contribution in [0.4, 0.5) is 0 Å². The summed E-state index contributed by atoms with van der Waals surface area (Å²) in [5, 5.41) is 20.5. The van der Waals surface area contributed by atoms with Gasteiger partial charge in [-0.2, -0.15) is 0 Å². The van der Waals surface area contributed by atoms with Gasteiger partial charge in [0.1, 0.15) is 36.6 Å². The Labute approximate surface area is 233 Å². The van der Waals surface area contributed by atoms with E-state index in [2.05, 4.69) is 0 Å². The summed E-state index contributed by atoms with van der Waals surface area (Å²) in [6, 6.07) is 6.65. The molecular weight excluding hydrogens is 438 g/mol. The fourth-order valence-corrected chi connectivity index (χ4v) is 3.54. The van der Waals surface area contributed by atoms with Crippen LogP contribution in [-0.4, -0.2) is 36.2 Å². The number of fused-ring (bicyclic) bond motifs is 2. The van der Waals surface area contributed by atoms with Crippen molar-refractivity contribution in [2.45, 2.75) is 9.79 Å². The molecule has 12 heteroatoms. The first kappa shape index (κ1) is 24.9. The Bertz CT molecular complexity index is 1220. The van der Waals surface area contributed by atoms with Gasteiger partial charge < -0.3 is 19.3 Å². The summed E-state index contributed by atoms with van der Waals surface area (Å²) in [7, 11) is -9.74. The molecule has 0 aromatic heterocycles. The van der Waals surface area contributed by atoms with E-state index in [0.717, 1.165) is 12.1 Å². The zero-order chi connectivity index (χ0) is 17.9. The number of phenolic OH excluding ortho intramolecular Hbond substituents is 2. The van der Waals surface area contributed by atoms with Crippen LogP contribution in [0.25, 0.3) is 21.5 Å². The predicted octanol–water partition coefficient (Wildman–Crippen LogP) is -4.78. The predicted molar refractivity (Wildman–Crippen MR) is 80.7 cm³/mol. The summed E-state index contributed by atoms with van der Waals surface area (Å²) >= 11 is 0. The molecule has 0 atom stereocenters. The molecule has 3 aromatic rings. The average molecular weight is 447 g/mol. The molecule has 0 radical (unpaired) electrons. The normalized spacial score (nSPS) is 11.8. The number of rotatable bonds is 2. The van der Waals surface area contributed by atoms with Crippen molar-refractivity contribution in [3.63, 3.8) is 0 Å². The Morgan fingerprint density at radius 2 is 1.31 bits per heavy atom. The number of aromatic hydroxyl groups is 2. The van der Waals surface area contributed by atoms with E-state index in [1.54, 1.807) is 0 Å². The molecule has 0 aliphatic rings. The summed E-state index contributed by atoms with van der Waals surface area (Å²) in [5.74, 6) is -1.41. The second kappa shape index (κ2) is 8.71. The van der Waals surface area contributed by atoms with E-state index in [1.165, 1.54) is 18.2 Å². The topological polar surface area (TPSA) is 155 Å². The largest absolute Gasteiger partial charge is 1.00 e. The van der Waals surface area contributed by atoms with Gasteiger partial charge in [-0.15, -0.1) is 0 Å². The van der Waals surface area contributed by atoms with Crippen molar-refractivity contribution in [1.82, 2.24) is 0 Å². The minimum atomic E-state index is -5.04. The molecule has 8 nitrogen and oxygen atoms in total. The van der Waals surface area contributed by atoms with E-state index >= 15 is 0 Å². The molecule has 0 aliphatic heterocycles. The Morgan fingerprint density at radius 3 is 1.85 bits per heavy atom. The molecule has 0 amide bonds. The molecule has 0 saturated heterocycles. The Balaban J connectivity index is 0.00000169. The third-order valence-corrected chi connectivity index (χ3v) is 5.22. The van der Waals surface area contributed by atoms with Crippen molar-refractivity contribution >= 4 is 41.8 Å². The maximum atomic E-state index is 11.2. The van der Waals surface area contributed by atoms with Gasteiger partial charge in [-0.25, -0.2) is 16.8 Å². The maximum absolute atomic E-state index is 11.2. The first-order valence-electron chi connectivity index (χ1n) is 6.33. The van der Waals surface area contributed by atoms with Crippen LogP contribution in [-0.2, 0) is 20.2 Å². The number of benzene rings is 3. The summed E-state index contributed by atoms with van der Waals surface area (Å²) < 4.78 is 66.7. The van der Waals surface area contributed by atoms with Crippen LogP contribution in [0.3, 0.4) is 0 Å². The average Bonchev–Trinajstić information content (AvgIpc) is 2.46. The van der Waals surface area contributed by atoms with Crippen molar-refractivity contribution in [2.24, 2.45) is 0 Å². The van der Waals surface area contributed by atoms with Gasteiger partial charge in [0.15, 0.2) is 0 Å². The summed E-state index contributed by atoms with van der Waals surface area (Å²) in [4.78, 5) is -1.51. The van der Waals surface area contributed by atoms with Crippen LogP contribution < -0.4 is 103 Å². The summed E-state index contributed by atoms with van der Waals surface area (Å²) in [6.45, 7) is 0. The molecule has 0 spiro atoms. The monoisotopic (exact) mass is 446 g/mol. The first-order valence-corrected chi connectivity index (χ1v) is 9.14. The van der Waals surface area contributed by atoms with E-state index in [9.17, 15) is 36.2 Å². The van der Waals surface area contributed by atoms with Crippen LogP contribution >= 0.6 is 0 Å². The van der Waals surface area contributed by atoms with Gasteiger partial charge in [0.2, 0.25) is 0 Å². The van der Waals surface area contributed by atoms with Gasteiger partial charge in [0.05, 0.1) is 4.90 Å². The van der Waals surface area contributed by atoms with E-state index in [-0.39, 0.29) is 119 Å². The molecule has 3 rings (SSSR count). The molecule has 0 aliphatic carbocycles. The Morgan fingerprint density at radius 1 is 0.731 bits per heavy atom. The molecule has 126 valence electrons. The Hall–Kier alpha value is 0.873. The van der Waals surface area contributed by atoms with Crippen LogP contribution in [0.1, 0.15) is 0 Å². The third-order valence-electron chi connectivity index (χ3n) is 3.54. The summed E-state index contributed by atoms with van der Waals surface area (Å²) in [5.41, 5.74) is 0. The smallest absolute Gasteiger partial charge is 0.744 e. The standard InChI is InChI=1S/C14H10O8S2.2K/c15-12-6-13(24(20,21)22)14(16)11-5-8-3-9(23(17,18)19)2-1-7(8)4-10(11)12;;/h1-6,15-16H,(H,17,18,19)(H,20,21,22);;/q;2*+1/p-2. The molecule has 2 N–H and O–H groups in total. The number of hydrogen-bond acceptors (Lipinski definition) is 8. The van der Waals surface area contributed by atoms with Gasteiger partial charge >= 0.3 is 103 Å². The minimum Gasteiger partial charge on any atom is -0.744 e. The van der Waals surface area contributed by atoms with E-state index < -0.39 is 41.5 Å². The minimum absolute atomic E-state index is 0. The molecule has 0 unspecified atom stereocenters. The number of hydrogen-bond donors (Lipinski definition) is 2. The maximum Gasteiger partial charge on any atom is 1.00 e. The number of phenols is 2. The second-order valence-corrected chi connectivity index (χ2v) is 7.79. The van der Waals surface area contributed by atoms with Gasteiger partial charge in [-0.1, -0.05) is 6.07 Å². The van der Waals surface area contributed by atoms with Crippen LogP contribution in [0.2, 0.25) is 0 Å².